The first kappa shape index (κ1) is 12.4. The van der Waals surface area contributed by atoms with Crippen molar-refractivity contribution in [3.63, 3.8) is 0 Å². The Morgan fingerprint density at radius 3 is 3.26 bits per heavy atom. The summed E-state index contributed by atoms with van der Waals surface area (Å²) in [5.74, 6) is 0.974. The number of H-pyrrole nitrogens is 1. The Morgan fingerprint density at radius 2 is 2.42 bits per heavy atom. The Labute approximate surface area is 113 Å². The van der Waals surface area contributed by atoms with E-state index in [4.69, 9.17) is 4.74 Å². The molecule has 0 radical (unpaired) electrons. The molecule has 1 atom stereocenters. The second kappa shape index (κ2) is 5.57. The molecular weight excluding hydrogens is 240 g/mol. The number of ether oxygens (including phenoxy) is 1. The molecule has 1 aliphatic rings. The number of rotatable bonds is 5. The van der Waals surface area contributed by atoms with Gasteiger partial charge in [0, 0.05) is 26.4 Å². The molecule has 5 nitrogen and oxygen atoms in total. The molecular formula is C14H20N4O. The van der Waals surface area contributed by atoms with E-state index in [-0.39, 0.29) is 0 Å². The summed E-state index contributed by atoms with van der Waals surface area (Å²) in [6.07, 6.45) is 8.72. The molecule has 0 spiro atoms. The van der Waals surface area contributed by atoms with Crippen LogP contribution in [0.4, 0.5) is 5.82 Å². The highest BCUT2D eigenvalue weighted by Gasteiger charge is 2.15. The first-order valence-electron chi connectivity index (χ1n) is 6.95. The first-order valence-corrected chi connectivity index (χ1v) is 6.95. The average Bonchev–Trinajstić information content (AvgIpc) is 3.08. The summed E-state index contributed by atoms with van der Waals surface area (Å²) in [5, 5.41) is 0. The Morgan fingerprint density at radius 1 is 1.47 bits per heavy atom. The summed E-state index contributed by atoms with van der Waals surface area (Å²) in [7, 11) is 2.08. The fourth-order valence-corrected chi connectivity index (χ4v) is 2.68. The molecule has 102 valence electrons. The minimum absolute atomic E-state index is 0.476. The smallest absolute Gasteiger partial charge is 0.156 e. The quantitative estimate of drug-likeness (QED) is 0.896. The van der Waals surface area contributed by atoms with E-state index in [0.717, 1.165) is 42.8 Å². The van der Waals surface area contributed by atoms with Crippen molar-refractivity contribution in [1.82, 2.24) is 15.0 Å². The van der Waals surface area contributed by atoms with Crippen LogP contribution < -0.4 is 4.90 Å². The summed E-state index contributed by atoms with van der Waals surface area (Å²) in [4.78, 5) is 14.0. The van der Waals surface area contributed by atoms with Crippen molar-refractivity contribution in [3.8, 4) is 0 Å². The molecule has 1 N–H and O–H groups in total. The summed E-state index contributed by atoms with van der Waals surface area (Å²) >= 11 is 0. The summed E-state index contributed by atoms with van der Waals surface area (Å²) < 4.78 is 5.65. The van der Waals surface area contributed by atoms with Crippen molar-refractivity contribution in [1.29, 1.82) is 0 Å². The fraction of sp³-hybridized carbons (Fsp3) is 0.571. The second-order valence-corrected chi connectivity index (χ2v) is 5.13. The van der Waals surface area contributed by atoms with Gasteiger partial charge in [-0.25, -0.2) is 9.97 Å². The van der Waals surface area contributed by atoms with Crippen molar-refractivity contribution in [2.75, 3.05) is 25.1 Å². The van der Waals surface area contributed by atoms with Gasteiger partial charge in [0.05, 0.1) is 11.6 Å². The van der Waals surface area contributed by atoms with Crippen molar-refractivity contribution >= 4 is 16.9 Å². The highest BCUT2D eigenvalue weighted by atomic mass is 16.5. The zero-order valence-corrected chi connectivity index (χ0v) is 11.3. The van der Waals surface area contributed by atoms with Gasteiger partial charge in [0.25, 0.3) is 0 Å². The summed E-state index contributed by atoms with van der Waals surface area (Å²) in [6.45, 7) is 1.93. The number of hydrogen-bond donors (Lipinski definition) is 1. The van der Waals surface area contributed by atoms with E-state index in [1.807, 2.05) is 12.3 Å². The Hall–Kier alpha value is -1.62. The van der Waals surface area contributed by atoms with Crippen LogP contribution in [-0.2, 0) is 4.74 Å². The number of hydrogen-bond acceptors (Lipinski definition) is 4. The molecule has 1 unspecified atom stereocenters. The van der Waals surface area contributed by atoms with E-state index in [2.05, 4.69) is 26.9 Å². The number of aromatic amines is 1. The number of anilines is 1. The van der Waals surface area contributed by atoms with Crippen LogP contribution in [0.2, 0.25) is 0 Å². The van der Waals surface area contributed by atoms with E-state index in [1.54, 1.807) is 6.33 Å². The Bertz CT molecular complexity index is 533. The zero-order chi connectivity index (χ0) is 13.1. The van der Waals surface area contributed by atoms with Crippen LogP contribution in [0.3, 0.4) is 0 Å². The number of nitrogens with one attached hydrogen (secondary N) is 1. The predicted molar refractivity (Wildman–Crippen MR) is 75.4 cm³/mol. The molecule has 19 heavy (non-hydrogen) atoms. The lowest BCUT2D eigenvalue weighted by atomic mass is 10.1. The van der Waals surface area contributed by atoms with E-state index in [0.29, 0.717) is 6.10 Å². The minimum Gasteiger partial charge on any atom is -0.378 e. The highest BCUT2D eigenvalue weighted by Crippen LogP contribution is 2.21. The lowest BCUT2D eigenvalue weighted by Crippen LogP contribution is -2.21. The van der Waals surface area contributed by atoms with Gasteiger partial charge in [-0.3, -0.25) is 0 Å². The number of aromatic nitrogens is 3. The van der Waals surface area contributed by atoms with Gasteiger partial charge in [0.15, 0.2) is 5.82 Å². The van der Waals surface area contributed by atoms with E-state index in [1.165, 1.54) is 12.8 Å². The normalized spacial score (nSPS) is 19.1. The third-order valence-corrected chi connectivity index (χ3v) is 3.73. The molecule has 1 fully saturated rings. The summed E-state index contributed by atoms with van der Waals surface area (Å²) in [6, 6.07) is 1.97. The Balaban J connectivity index is 1.60. The molecule has 2 aromatic heterocycles. The predicted octanol–water partition coefficient (Wildman–Crippen LogP) is 2.35. The fourth-order valence-electron chi connectivity index (χ4n) is 2.68. The van der Waals surface area contributed by atoms with Crippen LogP contribution in [0.25, 0.3) is 11.0 Å². The molecule has 1 saturated heterocycles. The van der Waals surface area contributed by atoms with Crippen molar-refractivity contribution in [2.45, 2.75) is 31.8 Å². The molecule has 0 aliphatic carbocycles. The molecule has 3 rings (SSSR count). The second-order valence-electron chi connectivity index (χ2n) is 5.13. The monoisotopic (exact) mass is 260 g/mol. The number of nitrogens with zero attached hydrogens (tertiary/aromatic N) is 3. The minimum atomic E-state index is 0.476. The maximum atomic E-state index is 5.65. The van der Waals surface area contributed by atoms with E-state index in [9.17, 15) is 0 Å². The van der Waals surface area contributed by atoms with Gasteiger partial charge in [0.2, 0.25) is 0 Å². The van der Waals surface area contributed by atoms with Gasteiger partial charge in [-0.15, -0.1) is 0 Å². The SMILES string of the molecule is CN(CCCC1CCCO1)c1ncnc2cc[nH]c12. The van der Waals surface area contributed by atoms with Gasteiger partial charge in [-0.05, 0) is 31.7 Å². The van der Waals surface area contributed by atoms with E-state index >= 15 is 0 Å². The third kappa shape index (κ3) is 2.71. The molecule has 0 aromatic carbocycles. The van der Waals surface area contributed by atoms with Gasteiger partial charge in [0.1, 0.15) is 11.8 Å². The van der Waals surface area contributed by atoms with Crippen LogP contribution in [0.1, 0.15) is 25.7 Å². The van der Waals surface area contributed by atoms with Crippen LogP contribution in [0, 0.1) is 0 Å². The average molecular weight is 260 g/mol. The van der Waals surface area contributed by atoms with Crippen LogP contribution in [0.5, 0.6) is 0 Å². The maximum Gasteiger partial charge on any atom is 0.156 e. The topological polar surface area (TPSA) is 54.0 Å². The lowest BCUT2D eigenvalue weighted by Gasteiger charge is -2.19. The molecule has 1 aliphatic heterocycles. The van der Waals surface area contributed by atoms with E-state index < -0.39 is 0 Å². The lowest BCUT2D eigenvalue weighted by molar-refractivity contribution is 0.103. The molecule has 3 heterocycles. The van der Waals surface area contributed by atoms with Crippen LogP contribution in [0.15, 0.2) is 18.6 Å². The molecule has 2 aromatic rings. The molecule has 0 amide bonds. The van der Waals surface area contributed by atoms with Crippen molar-refractivity contribution in [3.05, 3.63) is 18.6 Å². The maximum absolute atomic E-state index is 5.65. The van der Waals surface area contributed by atoms with Gasteiger partial charge in [-0.1, -0.05) is 0 Å². The van der Waals surface area contributed by atoms with Gasteiger partial charge < -0.3 is 14.6 Å². The Kier molecular flexibility index (Phi) is 3.64. The van der Waals surface area contributed by atoms with Crippen molar-refractivity contribution in [2.24, 2.45) is 0 Å². The molecule has 5 heteroatoms. The molecule has 0 saturated carbocycles. The van der Waals surface area contributed by atoms with Gasteiger partial charge in [-0.2, -0.15) is 0 Å². The van der Waals surface area contributed by atoms with Gasteiger partial charge >= 0.3 is 0 Å². The molecule has 0 bridgehead atoms. The standard InChI is InChI=1S/C14H20N4O/c1-18(8-2-4-11-5-3-9-19-11)14-13-12(6-7-15-13)16-10-17-14/h6-7,10-11,15H,2-5,8-9H2,1H3. The van der Waals surface area contributed by atoms with Crippen LogP contribution in [-0.4, -0.2) is 41.3 Å². The van der Waals surface area contributed by atoms with Crippen LogP contribution >= 0.6 is 0 Å². The largest absolute Gasteiger partial charge is 0.378 e. The van der Waals surface area contributed by atoms with Crippen molar-refractivity contribution < 1.29 is 4.74 Å². The third-order valence-electron chi connectivity index (χ3n) is 3.73. The first-order chi connectivity index (χ1) is 9.34. The highest BCUT2D eigenvalue weighted by molar-refractivity contribution is 5.85. The zero-order valence-electron chi connectivity index (χ0n) is 11.3. The number of fused-ring (bicyclic) bond motifs is 1. The summed E-state index contributed by atoms with van der Waals surface area (Å²) in [5.41, 5.74) is 1.98.